The van der Waals surface area contributed by atoms with Gasteiger partial charge in [0.15, 0.2) is 11.5 Å². The van der Waals surface area contributed by atoms with E-state index < -0.39 is 9.84 Å². The molecule has 0 saturated heterocycles. The number of nitrogens with one attached hydrogen (secondary N) is 1. The van der Waals surface area contributed by atoms with Crippen LogP contribution in [0.25, 0.3) is 11.5 Å². The Morgan fingerprint density at radius 3 is 2.27 bits per heavy atom. The molecule has 0 saturated carbocycles. The van der Waals surface area contributed by atoms with Crippen molar-refractivity contribution in [3.63, 3.8) is 0 Å². The van der Waals surface area contributed by atoms with Gasteiger partial charge in [-0.3, -0.25) is 0 Å². The van der Waals surface area contributed by atoms with E-state index in [1.807, 2.05) is 30.3 Å². The van der Waals surface area contributed by atoms with Crippen LogP contribution in [0.5, 0.6) is 11.5 Å². The minimum Gasteiger partial charge on any atom is -0.454 e. The first-order valence-electron chi connectivity index (χ1n) is 9.80. The van der Waals surface area contributed by atoms with E-state index in [9.17, 15) is 8.42 Å². The van der Waals surface area contributed by atoms with Gasteiger partial charge < -0.3 is 19.2 Å². The zero-order valence-corrected chi connectivity index (χ0v) is 20.9. The highest BCUT2D eigenvalue weighted by Gasteiger charge is 2.28. The van der Waals surface area contributed by atoms with Crippen molar-refractivity contribution in [3.8, 4) is 23.0 Å². The molecule has 1 aliphatic rings. The average molecular weight is 592 g/mol. The molecule has 0 atom stereocenters. The monoisotopic (exact) mass is 590 g/mol. The molecule has 0 aliphatic carbocycles. The number of anilines is 1. The van der Waals surface area contributed by atoms with E-state index in [0.717, 1.165) is 14.5 Å². The molecule has 2 heterocycles. The van der Waals surface area contributed by atoms with Crippen LogP contribution in [0.15, 0.2) is 90.0 Å². The van der Waals surface area contributed by atoms with Crippen LogP contribution >= 0.6 is 31.9 Å². The van der Waals surface area contributed by atoms with Crippen LogP contribution in [0.1, 0.15) is 5.56 Å². The fraction of sp³-hybridized carbons (Fsp3) is 0.0870. The van der Waals surface area contributed by atoms with Gasteiger partial charge >= 0.3 is 0 Å². The second-order valence-electron chi connectivity index (χ2n) is 7.16. The number of hydrogen-bond donors (Lipinski definition) is 1. The Bertz CT molecular complexity index is 1420. The zero-order valence-electron chi connectivity index (χ0n) is 16.9. The summed E-state index contributed by atoms with van der Waals surface area (Å²) < 4.78 is 45.1. The lowest BCUT2D eigenvalue weighted by atomic mass is 10.2. The highest BCUT2D eigenvalue weighted by atomic mass is 79.9. The smallest absolute Gasteiger partial charge is 0.234 e. The summed E-state index contributed by atoms with van der Waals surface area (Å²) in [4.78, 5) is 4.48. The van der Waals surface area contributed by atoms with E-state index in [1.165, 1.54) is 12.1 Å². The Hall–Kier alpha value is -2.82. The molecule has 10 heteroatoms. The topological polar surface area (TPSA) is 90.7 Å². The minimum absolute atomic E-state index is 0.0634. The fourth-order valence-corrected chi connectivity index (χ4v) is 5.08. The van der Waals surface area contributed by atoms with Gasteiger partial charge in [0.2, 0.25) is 33.4 Å². The van der Waals surface area contributed by atoms with Crippen LogP contribution in [0, 0.1) is 0 Å². The van der Waals surface area contributed by atoms with Crippen molar-refractivity contribution in [1.82, 2.24) is 4.98 Å². The predicted octanol–water partition coefficient (Wildman–Crippen LogP) is 6.04. The molecule has 5 rings (SSSR count). The third-order valence-corrected chi connectivity index (χ3v) is 7.69. The molecule has 0 fully saturated rings. The van der Waals surface area contributed by atoms with E-state index in [2.05, 4.69) is 42.2 Å². The number of hydrogen-bond acceptors (Lipinski definition) is 7. The van der Waals surface area contributed by atoms with Crippen LogP contribution in [0.4, 0.5) is 5.88 Å². The quantitative estimate of drug-likeness (QED) is 0.292. The Balaban J connectivity index is 1.52. The number of oxazole rings is 1. The van der Waals surface area contributed by atoms with Crippen molar-refractivity contribution in [2.45, 2.75) is 16.5 Å². The summed E-state index contributed by atoms with van der Waals surface area (Å²) in [5.41, 5.74) is 1.52. The molecule has 7 nitrogen and oxygen atoms in total. The van der Waals surface area contributed by atoms with Gasteiger partial charge in [0, 0.05) is 21.1 Å². The molecule has 0 radical (unpaired) electrons. The lowest BCUT2D eigenvalue weighted by Gasteiger charge is -2.07. The van der Waals surface area contributed by atoms with Crippen LogP contribution in [-0.4, -0.2) is 20.2 Å². The van der Waals surface area contributed by atoms with Crippen LogP contribution in [0.3, 0.4) is 0 Å². The lowest BCUT2D eigenvalue weighted by molar-refractivity contribution is 0.174. The average Bonchev–Trinajstić information content (AvgIpc) is 3.45. The standard InChI is InChI=1S/C23H16Br2N2O5S/c24-16-4-2-15(3-5-16)21-27-23(33(28,29)18-8-6-17(25)7-9-18)22(32-21)26-12-14-1-10-19-20(11-14)31-13-30-19/h1-11,26H,12-13H2. The molecule has 168 valence electrons. The maximum absolute atomic E-state index is 13.4. The Kier molecular flexibility index (Phi) is 5.90. The summed E-state index contributed by atoms with van der Waals surface area (Å²) in [6, 6.07) is 19.2. The lowest BCUT2D eigenvalue weighted by Crippen LogP contribution is -2.07. The van der Waals surface area contributed by atoms with E-state index in [1.54, 1.807) is 24.3 Å². The number of fused-ring (bicyclic) bond motifs is 1. The number of nitrogens with zero attached hydrogens (tertiary/aromatic N) is 1. The third-order valence-electron chi connectivity index (χ3n) is 4.96. The van der Waals surface area contributed by atoms with Gasteiger partial charge in [-0.05, 0) is 66.2 Å². The highest BCUT2D eigenvalue weighted by molar-refractivity contribution is 9.10. The Morgan fingerprint density at radius 1 is 0.879 bits per heavy atom. The number of halogens is 2. The molecule has 4 aromatic rings. The normalized spacial score (nSPS) is 12.7. The number of ether oxygens (including phenoxy) is 2. The van der Waals surface area contributed by atoms with Crippen LogP contribution in [-0.2, 0) is 16.4 Å². The van der Waals surface area contributed by atoms with Gasteiger partial charge in [-0.1, -0.05) is 37.9 Å². The second-order valence-corrected chi connectivity index (χ2v) is 10.9. The zero-order chi connectivity index (χ0) is 23.0. The SMILES string of the molecule is O=S(=O)(c1ccc(Br)cc1)c1nc(-c2ccc(Br)cc2)oc1NCc1ccc2c(c1)OCO2. The first-order chi connectivity index (χ1) is 15.9. The molecule has 0 bridgehead atoms. The largest absolute Gasteiger partial charge is 0.454 e. The summed E-state index contributed by atoms with van der Waals surface area (Å²) in [5, 5.41) is 2.91. The molecule has 3 aromatic carbocycles. The number of benzene rings is 3. The molecule has 0 spiro atoms. The van der Waals surface area contributed by atoms with Crippen molar-refractivity contribution in [2.24, 2.45) is 0 Å². The molecule has 1 aliphatic heterocycles. The van der Waals surface area contributed by atoms with E-state index in [0.29, 0.717) is 23.6 Å². The first kappa shape index (κ1) is 22.0. The van der Waals surface area contributed by atoms with Gasteiger partial charge in [-0.2, -0.15) is 4.98 Å². The maximum Gasteiger partial charge on any atom is 0.234 e. The molecule has 0 amide bonds. The van der Waals surface area contributed by atoms with Gasteiger partial charge in [0.1, 0.15) is 0 Å². The predicted molar refractivity (Wildman–Crippen MR) is 129 cm³/mol. The summed E-state index contributed by atoms with van der Waals surface area (Å²) in [5.74, 6) is 1.58. The van der Waals surface area contributed by atoms with Gasteiger partial charge in [0.05, 0.1) is 4.90 Å². The van der Waals surface area contributed by atoms with E-state index in [4.69, 9.17) is 13.9 Å². The molecular formula is C23H16Br2N2O5S. The Labute approximate surface area is 206 Å². The van der Waals surface area contributed by atoms with Crippen LogP contribution in [0.2, 0.25) is 0 Å². The van der Waals surface area contributed by atoms with Gasteiger partial charge in [0.25, 0.3) is 0 Å². The van der Waals surface area contributed by atoms with Gasteiger partial charge in [-0.25, -0.2) is 8.42 Å². The van der Waals surface area contributed by atoms with Gasteiger partial charge in [-0.15, -0.1) is 0 Å². The Morgan fingerprint density at radius 2 is 1.55 bits per heavy atom. The summed E-state index contributed by atoms with van der Waals surface area (Å²) in [6.45, 7) is 0.481. The number of aromatic nitrogens is 1. The minimum atomic E-state index is -3.94. The number of rotatable bonds is 6. The van der Waals surface area contributed by atoms with Crippen molar-refractivity contribution in [1.29, 1.82) is 0 Å². The number of sulfone groups is 1. The van der Waals surface area contributed by atoms with Crippen molar-refractivity contribution >= 4 is 47.6 Å². The summed E-state index contributed by atoms with van der Waals surface area (Å²) >= 11 is 6.73. The molecular weight excluding hydrogens is 576 g/mol. The summed E-state index contributed by atoms with van der Waals surface area (Å²) in [6.07, 6.45) is 0. The first-order valence-corrected chi connectivity index (χ1v) is 12.9. The van der Waals surface area contributed by atoms with E-state index >= 15 is 0 Å². The molecule has 1 aromatic heterocycles. The van der Waals surface area contributed by atoms with Crippen LogP contribution < -0.4 is 14.8 Å². The maximum atomic E-state index is 13.4. The van der Waals surface area contributed by atoms with Crippen molar-refractivity contribution in [2.75, 3.05) is 12.1 Å². The molecule has 0 unspecified atom stereocenters. The highest BCUT2D eigenvalue weighted by Crippen LogP contribution is 2.35. The van der Waals surface area contributed by atoms with Crippen molar-refractivity contribution < 1.29 is 22.3 Å². The summed E-state index contributed by atoms with van der Waals surface area (Å²) in [7, 11) is -3.94. The van der Waals surface area contributed by atoms with E-state index in [-0.39, 0.29) is 28.5 Å². The third kappa shape index (κ3) is 4.50. The van der Waals surface area contributed by atoms with Crippen molar-refractivity contribution in [3.05, 3.63) is 81.2 Å². The second kappa shape index (κ2) is 8.85. The molecule has 33 heavy (non-hydrogen) atoms. The molecule has 1 N–H and O–H groups in total. The fourth-order valence-electron chi connectivity index (χ4n) is 3.27.